The molecule has 11 heteroatoms. The molecule has 0 aromatic carbocycles. The van der Waals surface area contributed by atoms with Crippen LogP contribution >= 0.6 is 7.82 Å². The third kappa shape index (κ3) is 38.6. The standard InChI is InChI=1S/C45H69O10P/c1-3-5-7-9-11-13-15-17-18-19-20-21-22-23-25-27-29-31-33-37-44(48)53-39-41(40-54-56(50,51)52)55-45(49)38-34-36-43(47)42(46)35-32-30-28-26-24-16-14-12-10-8-6-4-2/h5-8,11-14,17-18,20-21,23-26,29-32,41-43,46-47H,3-4,9-10,15-16,19,22,27-28,33-40H2,1-2H3,(H2,50,51,52)/b7-5-,8-6-,13-11-,14-12-,18-17-,21-20-,25-23-,26-24-,31-29-,32-30-/t41-,42-,43-/m1/s1. The van der Waals surface area contributed by atoms with Crippen molar-refractivity contribution in [2.45, 2.75) is 135 Å². The van der Waals surface area contributed by atoms with Crippen molar-refractivity contribution in [1.82, 2.24) is 0 Å². The zero-order valence-corrected chi connectivity index (χ0v) is 34.6. The highest BCUT2D eigenvalue weighted by atomic mass is 31.2. The zero-order chi connectivity index (χ0) is 41.4. The van der Waals surface area contributed by atoms with Gasteiger partial charge in [-0.15, -0.1) is 0 Å². The van der Waals surface area contributed by atoms with Gasteiger partial charge in [0.25, 0.3) is 0 Å². The predicted octanol–water partition coefficient (Wildman–Crippen LogP) is 10.1. The number of carbonyl (C=O) groups excluding carboxylic acids is 2. The van der Waals surface area contributed by atoms with E-state index in [1.165, 1.54) is 0 Å². The second-order valence-electron chi connectivity index (χ2n) is 12.8. The van der Waals surface area contributed by atoms with Gasteiger partial charge in [0.1, 0.15) is 6.61 Å². The van der Waals surface area contributed by atoms with E-state index in [1.54, 1.807) is 6.08 Å². The number of hydrogen-bond donors (Lipinski definition) is 4. The molecule has 56 heavy (non-hydrogen) atoms. The first-order chi connectivity index (χ1) is 27.1. The molecule has 3 atom stereocenters. The number of esters is 2. The first kappa shape index (κ1) is 52.4. The first-order valence-corrected chi connectivity index (χ1v) is 21.5. The molecule has 0 amide bonds. The van der Waals surface area contributed by atoms with Crippen LogP contribution in [0.15, 0.2) is 122 Å². The fourth-order valence-corrected chi connectivity index (χ4v) is 5.02. The van der Waals surface area contributed by atoms with Gasteiger partial charge in [-0.1, -0.05) is 135 Å². The van der Waals surface area contributed by atoms with E-state index in [4.69, 9.17) is 19.3 Å². The van der Waals surface area contributed by atoms with E-state index in [9.17, 15) is 24.4 Å². The fourth-order valence-electron chi connectivity index (χ4n) is 4.66. The predicted molar refractivity (Wildman–Crippen MR) is 227 cm³/mol. The molecule has 0 rings (SSSR count). The summed E-state index contributed by atoms with van der Waals surface area (Å²) in [4.78, 5) is 42.8. The normalized spacial score (nSPS) is 14.9. The smallest absolute Gasteiger partial charge is 0.462 e. The number of phosphoric acid groups is 1. The van der Waals surface area contributed by atoms with Gasteiger partial charge in [-0.25, -0.2) is 4.57 Å². The third-order valence-electron chi connectivity index (χ3n) is 7.69. The lowest BCUT2D eigenvalue weighted by molar-refractivity contribution is -0.161. The zero-order valence-electron chi connectivity index (χ0n) is 33.7. The Morgan fingerprint density at radius 1 is 0.536 bits per heavy atom. The molecule has 0 aliphatic heterocycles. The highest BCUT2D eigenvalue weighted by Crippen LogP contribution is 2.36. The summed E-state index contributed by atoms with van der Waals surface area (Å²) in [5.41, 5.74) is 0. The van der Waals surface area contributed by atoms with Crippen LogP contribution in [-0.4, -0.2) is 63.5 Å². The van der Waals surface area contributed by atoms with E-state index in [-0.39, 0.29) is 32.1 Å². The first-order valence-electron chi connectivity index (χ1n) is 20.0. The molecule has 0 unspecified atom stereocenters. The van der Waals surface area contributed by atoms with Gasteiger partial charge < -0.3 is 29.5 Å². The molecule has 0 saturated heterocycles. The summed E-state index contributed by atoms with van der Waals surface area (Å²) in [6.45, 7) is 3.12. The van der Waals surface area contributed by atoms with Gasteiger partial charge in [-0.3, -0.25) is 14.1 Å². The third-order valence-corrected chi connectivity index (χ3v) is 8.18. The molecule has 0 aliphatic rings. The molecule has 0 aromatic heterocycles. The maximum absolute atomic E-state index is 12.4. The summed E-state index contributed by atoms with van der Waals surface area (Å²) in [6.07, 6.45) is 48.2. The number of ether oxygens (including phenoxy) is 2. The van der Waals surface area contributed by atoms with Crippen molar-refractivity contribution < 1.29 is 48.2 Å². The Kier molecular flexibility index (Phi) is 35.8. The maximum Gasteiger partial charge on any atom is 0.469 e. The average molecular weight is 801 g/mol. The molecule has 0 spiro atoms. The molecular formula is C45H69O10P. The van der Waals surface area contributed by atoms with E-state index in [2.05, 4.69) is 103 Å². The van der Waals surface area contributed by atoms with E-state index >= 15 is 0 Å². The SMILES string of the molecule is CC/C=C\C/C=C\C/C=C\C/C=C\C/C=C\C/C=C\CCC(=O)OC[C@H](COP(=O)(O)O)OC(=O)CCC[C@@H](O)[C@H](O)C/C=C\C/C=C\C/C=C\C/C=C\CC. The number of allylic oxidation sites excluding steroid dienone is 19. The molecule has 0 heterocycles. The minimum atomic E-state index is -4.86. The largest absolute Gasteiger partial charge is 0.469 e. The van der Waals surface area contributed by atoms with E-state index in [0.29, 0.717) is 12.8 Å². The van der Waals surface area contributed by atoms with Crippen LogP contribution in [-0.2, 0) is 28.2 Å². The number of rotatable bonds is 34. The second-order valence-corrected chi connectivity index (χ2v) is 14.0. The summed E-state index contributed by atoms with van der Waals surface area (Å²) < 4.78 is 26.1. The number of aliphatic hydroxyl groups excluding tert-OH is 2. The Balaban J connectivity index is 4.35. The number of hydrogen-bond acceptors (Lipinski definition) is 8. The Morgan fingerprint density at radius 3 is 1.38 bits per heavy atom. The monoisotopic (exact) mass is 800 g/mol. The lowest BCUT2D eigenvalue weighted by atomic mass is 10.0. The van der Waals surface area contributed by atoms with E-state index in [0.717, 1.165) is 57.8 Å². The van der Waals surface area contributed by atoms with Crippen molar-refractivity contribution in [3.8, 4) is 0 Å². The van der Waals surface area contributed by atoms with Crippen LogP contribution in [0.5, 0.6) is 0 Å². The highest BCUT2D eigenvalue weighted by Gasteiger charge is 2.23. The molecule has 0 aromatic rings. The Labute approximate surface area is 336 Å². The van der Waals surface area contributed by atoms with E-state index < -0.39 is 51.3 Å². The second kappa shape index (κ2) is 38.3. The molecule has 4 N–H and O–H groups in total. The van der Waals surface area contributed by atoms with E-state index in [1.807, 2.05) is 30.4 Å². The van der Waals surface area contributed by atoms with Gasteiger partial charge in [-0.2, -0.15) is 0 Å². The maximum atomic E-state index is 12.4. The van der Waals surface area contributed by atoms with Gasteiger partial charge in [-0.05, 0) is 89.9 Å². The van der Waals surface area contributed by atoms with Gasteiger partial charge >= 0.3 is 19.8 Å². The van der Waals surface area contributed by atoms with Crippen molar-refractivity contribution in [3.05, 3.63) is 122 Å². The number of aliphatic hydroxyl groups is 2. The minimum Gasteiger partial charge on any atom is -0.462 e. The Bertz CT molecular complexity index is 1350. The fraction of sp³-hybridized carbons (Fsp3) is 0.511. The summed E-state index contributed by atoms with van der Waals surface area (Å²) in [5, 5.41) is 20.5. The van der Waals surface area contributed by atoms with Crippen LogP contribution in [0.3, 0.4) is 0 Å². The Morgan fingerprint density at radius 2 is 0.946 bits per heavy atom. The molecule has 0 fully saturated rings. The molecule has 314 valence electrons. The van der Waals surface area contributed by atoms with Gasteiger partial charge in [0.05, 0.1) is 18.8 Å². The van der Waals surface area contributed by atoms with Crippen LogP contribution in [0.2, 0.25) is 0 Å². The van der Waals surface area contributed by atoms with Gasteiger partial charge in [0.2, 0.25) is 0 Å². The van der Waals surface area contributed by atoms with Gasteiger partial charge in [0, 0.05) is 12.8 Å². The van der Waals surface area contributed by atoms with Crippen LogP contribution in [0.1, 0.15) is 117 Å². The minimum absolute atomic E-state index is 0.0727. The summed E-state index contributed by atoms with van der Waals surface area (Å²) >= 11 is 0. The van der Waals surface area contributed by atoms with Crippen molar-refractivity contribution >= 4 is 19.8 Å². The van der Waals surface area contributed by atoms with Crippen molar-refractivity contribution in [2.75, 3.05) is 13.2 Å². The quantitative estimate of drug-likeness (QED) is 0.0280. The number of phosphoric ester groups is 1. The van der Waals surface area contributed by atoms with Crippen molar-refractivity contribution in [3.63, 3.8) is 0 Å². The van der Waals surface area contributed by atoms with Crippen LogP contribution < -0.4 is 0 Å². The lowest BCUT2D eigenvalue weighted by Crippen LogP contribution is -2.30. The number of carbonyl (C=O) groups is 2. The van der Waals surface area contributed by atoms with Crippen LogP contribution in [0, 0.1) is 0 Å². The summed E-state index contributed by atoms with van der Waals surface area (Å²) in [7, 11) is -4.86. The highest BCUT2D eigenvalue weighted by molar-refractivity contribution is 7.46. The van der Waals surface area contributed by atoms with Crippen molar-refractivity contribution in [2.24, 2.45) is 0 Å². The molecular weight excluding hydrogens is 731 g/mol. The van der Waals surface area contributed by atoms with Crippen molar-refractivity contribution in [1.29, 1.82) is 0 Å². The summed E-state index contributed by atoms with van der Waals surface area (Å²) in [6, 6.07) is 0. The average Bonchev–Trinajstić information content (AvgIpc) is 3.16. The topological polar surface area (TPSA) is 160 Å². The van der Waals surface area contributed by atoms with Gasteiger partial charge in [0.15, 0.2) is 6.10 Å². The Hall–Kier alpha value is -3.63. The van der Waals surface area contributed by atoms with Crippen LogP contribution in [0.25, 0.3) is 0 Å². The molecule has 0 radical (unpaired) electrons. The molecule has 0 saturated carbocycles. The molecule has 10 nitrogen and oxygen atoms in total. The lowest BCUT2D eigenvalue weighted by Gasteiger charge is -2.19. The molecule has 0 bridgehead atoms. The molecule has 0 aliphatic carbocycles. The summed E-state index contributed by atoms with van der Waals surface area (Å²) in [5.74, 6) is -1.29. The van der Waals surface area contributed by atoms with Crippen LogP contribution in [0.4, 0.5) is 0 Å².